The Morgan fingerprint density at radius 1 is 1.44 bits per heavy atom. The van der Waals surface area contributed by atoms with E-state index in [0.717, 1.165) is 6.42 Å². The van der Waals surface area contributed by atoms with Crippen LogP contribution >= 0.6 is 0 Å². The molecule has 0 saturated carbocycles. The van der Waals surface area contributed by atoms with Crippen molar-refractivity contribution in [2.45, 2.75) is 40.0 Å². The molecule has 0 radical (unpaired) electrons. The van der Waals surface area contributed by atoms with Gasteiger partial charge in [0, 0.05) is 19.5 Å². The van der Waals surface area contributed by atoms with E-state index in [4.69, 9.17) is 5.11 Å². The van der Waals surface area contributed by atoms with Crippen LogP contribution in [-0.2, 0) is 9.59 Å². The molecule has 16 heavy (non-hydrogen) atoms. The summed E-state index contributed by atoms with van der Waals surface area (Å²) in [5.74, 6) is -0.192. The zero-order valence-electron chi connectivity index (χ0n) is 10.3. The first kappa shape index (κ1) is 13.0. The lowest BCUT2D eigenvalue weighted by atomic mass is 9.90. The average Bonchev–Trinajstić information content (AvgIpc) is 2.59. The van der Waals surface area contributed by atoms with Crippen LogP contribution < -0.4 is 0 Å². The highest BCUT2D eigenvalue weighted by atomic mass is 16.4. The summed E-state index contributed by atoms with van der Waals surface area (Å²) >= 11 is 0. The molecule has 1 N–H and O–H groups in total. The van der Waals surface area contributed by atoms with Crippen LogP contribution in [0, 0.1) is 11.3 Å². The number of likely N-dealkylation sites (tertiary alicyclic amines) is 1. The molecule has 1 fully saturated rings. The lowest BCUT2D eigenvalue weighted by molar-refractivity contribution is -0.147. The third kappa shape index (κ3) is 2.97. The molecule has 0 aromatic rings. The van der Waals surface area contributed by atoms with E-state index in [0.29, 0.717) is 31.8 Å². The van der Waals surface area contributed by atoms with Crippen molar-refractivity contribution < 1.29 is 14.7 Å². The summed E-state index contributed by atoms with van der Waals surface area (Å²) < 4.78 is 0. The number of nitrogens with zero attached hydrogens (tertiary/aromatic N) is 1. The van der Waals surface area contributed by atoms with Gasteiger partial charge in [0.1, 0.15) is 0 Å². The Kier molecular flexibility index (Phi) is 3.94. The Labute approximate surface area is 96.6 Å². The van der Waals surface area contributed by atoms with Crippen molar-refractivity contribution in [3.63, 3.8) is 0 Å². The normalized spacial score (nSPS) is 25.1. The molecule has 1 aliphatic rings. The Hall–Kier alpha value is -1.06. The van der Waals surface area contributed by atoms with Gasteiger partial charge in [-0.3, -0.25) is 9.59 Å². The van der Waals surface area contributed by atoms with Gasteiger partial charge in [0.2, 0.25) is 5.91 Å². The van der Waals surface area contributed by atoms with E-state index < -0.39 is 11.4 Å². The Morgan fingerprint density at radius 2 is 2.06 bits per heavy atom. The highest BCUT2D eigenvalue weighted by Crippen LogP contribution is 2.30. The van der Waals surface area contributed by atoms with E-state index in [2.05, 4.69) is 13.8 Å². The van der Waals surface area contributed by atoms with E-state index in [9.17, 15) is 9.59 Å². The van der Waals surface area contributed by atoms with Gasteiger partial charge in [0.25, 0.3) is 0 Å². The summed E-state index contributed by atoms with van der Waals surface area (Å²) in [7, 11) is 0. The Morgan fingerprint density at radius 3 is 2.50 bits per heavy atom. The first-order chi connectivity index (χ1) is 7.35. The maximum absolute atomic E-state index is 11.8. The third-order valence-electron chi connectivity index (χ3n) is 3.28. The molecule has 4 nitrogen and oxygen atoms in total. The lowest BCUT2D eigenvalue weighted by Gasteiger charge is -2.20. The predicted molar refractivity (Wildman–Crippen MR) is 61.0 cm³/mol. The molecule has 1 aliphatic heterocycles. The molecule has 0 aromatic heterocycles. The highest BCUT2D eigenvalue weighted by molar-refractivity contribution is 5.80. The van der Waals surface area contributed by atoms with Crippen LogP contribution in [0.25, 0.3) is 0 Å². The van der Waals surface area contributed by atoms with Crippen LogP contribution in [0.5, 0.6) is 0 Å². The topological polar surface area (TPSA) is 57.6 Å². The van der Waals surface area contributed by atoms with Crippen LogP contribution in [0.3, 0.4) is 0 Å². The molecule has 1 heterocycles. The van der Waals surface area contributed by atoms with E-state index in [1.54, 1.807) is 11.8 Å². The van der Waals surface area contributed by atoms with Crippen LogP contribution in [0.2, 0.25) is 0 Å². The highest BCUT2D eigenvalue weighted by Gasteiger charge is 2.41. The van der Waals surface area contributed by atoms with Gasteiger partial charge in [-0.05, 0) is 25.7 Å². The van der Waals surface area contributed by atoms with Crippen molar-refractivity contribution in [2.75, 3.05) is 13.1 Å². The maximum atomic E-state index is 11.8. The fourth-order valence-corrected chi connectivity index (χ4v) is 1.92. The Bertz CT molecular complexity index is 288. The van der Waals surface area contributed by atoms with E-state index in [1.165, 1.54) is 0 Å². The number of carboxylic acid groups (broad SMARTS) is 1. The number of hydrogen-bond donors (Lipinski definition) is 1. The van der Waals surface area contributed by atoms with Crippen LogP contribution in [0.15, 0.2) is 0 Å². The molecule has 0 bridgehead atoms. The quantitative estimate of drug-likeness (QED) is 0.796. The van der Waals surface area contributed by atoms with Gasteiger partial charge < -0.3 is 10.0 Å². The summed E-state index contributed by atoms with van der Waals surface area (Å²) in [5, 5.41) is 9.05. The second-order valence-corrected chi connectivity index (χ2v) is 5.36. The first-order valence-corrected chi connectivity index (χ1v) is 5.86. The summed E-state index contributed by atoms with van der Waals surface area (Å²) in [4.78, 5) is 24.5. The van der Waals surface area contributed by atoms with Crippen LogP contribution in [-0.4, -0.2) is 35.0 Å². The van der Waals surface area contributed by atoms with E-state index in [1.807, 2.05) is 0 Å². The molecule has 1 saturated heterocycles. The first-order valence-electron chi connectivity index (χ1n) is 5.86. The fraction of sp³-hybridized carbons (Fsp3) is 0.833. The Balaban J connectivity index is 2.47. The summed E-state index contributed by atoms with van der Waals surface area (Å²) in [6, 6.07) is 0. The summed E-state index contributed by atoms with van der Waals surface area (Å²) in [6.07, 6.45) is 1.97. The molecule has 1 unspecified atom stereocenters. The van der Waals surface area contributed by atoms with Crippen molar-refractivity contribution in [1.82, 2.24) is 4.90 Å². The number of carbonyl (C=O) groups excluding carboxylic acids is 1. The number of amides is 1. The van der Waals surface area contributed by atoms with Gasteiger partial charge in [-0.25, -0.2) is 0 Å². The molecule has 0 aromatic carbocycles. The van der Waals surface area contributed by atoms with Gasteiger partial charge in [-0.2, -0.15) is 0 Å². The van der Waals surface area contributed by atoms with E-state index in [-0.39, 0.29) is 5.91 Å². The summed E-state index contributed by atoms with van der Waals surface area (Å²) in [5.41, 5.74) is -0.743. The number of rotatable bonds is 4. The van der Waals surface area contributed by atoms with Gasteiger partial charge >= 0.3 is 5.97 Å². The minimum absolute atomic E-state index is 0.0960. The smallest absolute Gasteiger partial charge is 0.311 e. The van der Waals surface area contributed by atoms with E-state index >= 15 is 0 Å². The zero-order valence-corrected chi connectivity index (χ0v) is 10.3. The number of carbonyl (C=O) groups is 2. The maximum Gasteiger partial charge on any atom is 0.311 e. The minimum atomic E-state index is -0.799. The van der Waals surface area contributed by atoms with Crippen molar-refractivity contribution >= 4 is 11.9 Å². The summed E-state index contributed by atoms with van der Waals surface area (Å²) in [6.45, 7) is 6.82. The van der Waals surface area contributed by atoms with Crippen molar-refractivity contribution in [3.8, 4) is 0 Å². The fourth-order valence-electron chi connectivity index (χ4n) is 1.92. The van der Waals surface area contributed by atoms with Gasteiger partial charge in [-0.1, -0.05) is 13.8 Å². The second kappa shape index (κ2) is 4.85. The standard InChI is InChI=1S/C12H21NO3/c1-9(2)4-5-10(14)13-7-6-12(3,8-13)11(15)16/h9H,4-8H2,1-3H3,(H,15,16). The number of hydrogen-bond acceptors (Lipinski definition) is 2. The largest absolute Gasteiger partial charge is 0.481 e. The molecular formula is C12H21NO3. The van der Waals surface area contributed by atoms with Crippen LogP contribution in [0.1, 0.15) is 40.0 Å². The molecule has 0 spiro atoms. The number of aliphatic carboxylic acids is 1. The average molecular weight is 227 g/mol. The van der Waals surface area contributed by atoms with Gasteiger partial charge in [0.05, 0.1) is 5.41 Å². The zero-order chi connectivity index (χ0) is 12.3. The predicted octanol–water partition coefficient (Wildman–Crippen LogP) is 1.75. The molecule has 0 aliphatic carbocycles. The van der Waals surface area contributed by atoms with Crippen molar-refractivity contribution in [2.24, 2.45) is 11.3 Å². The van der Waals surface area contributed by atoms with Crippen molar-refractivity contribution in [3.05, 3.63) is 0 Å². The molecule has 1 amide bonds. The number of carboxylic acids is 1. The molecule has 4 heteroatoms. The monoisotopic (exact) mass is 227 g/mol. The minimum Gasteiger partial charge on any atom is -0.481 e. The van der Waals surface area contributed by atoms with Crippen molar-refractivity contribution in [1.29, 1.82) is 0 Å². The molecule has 1 rings (SSSR count). The molecular weight excluding hydrogens is 206 g/mol. The van der Waals surface area contributed by atoms with Crippen LogP contribution in [0.4, 0.5) is 0 Å². The SMILES string of the molecule is CC(C)CCC(=O)N1CCC(C)(C(=O)O)C1. The molecule has 92 valence electrons. The molecule has 1 atom stereocenters. The van der Waals surface area contributed by atoms with Gasteiger partial charge in [-0.15, -0.1) is 0 Å². The third-order valence-corrected chi connectivity index (χ3v) is 3.28. The second-order valence-electron chi connectivity index (χ2n) is 5.36. The lowest BCUT2D eigenvalue weighted by Crippen LogP contribution is -2.34. The van der Waals surface area contributed by atoms with Gasteiger partial charge in [0.15, 0.2) is 0 Å².